The Morgan fingerprint density at radius 2 is 2.31 bits per heavy atom. The van der Waals surface area contributed by atoms with Gasteiger partial charge in [0.25, 0.3) is 5.69 Å². The van der Waals surface area contributed by atoms with Crippen molar-refractivity contribution >= 4 is 11.4 Å². The average Bonchev–Trinajstić information content (AvgIpc) is 2.95. The standard InChI is InChI=1S/C11H13FN2O2/c1-2-7-3-11(7)13-9-4-8(12)5-10(6-9)14(15)16/h4-7,11,13H,2-3H2,1H3. The summed E-state index contributed by atoms with van der Waals surface area (Å²) in [5, 5.41) is 13.6. The van der Waals surface area contributed by atoms with Crippen molar-refractivity contribution in [2.24, 2.45) is 5.92 Å². The van der Waals surface area contributed by atoms with Crippen molar-refractivity contribution in [2.75, 3.05) is 5.32 Å². The van der Waals surface area contributed by atoms with Crippen LogP contribution >= 0.6 is 0 Å². The molecule has 1 aliphatic carbocycles. The summed E-state index contributed by atoms with van der Waals surface area (Å²) < 4.78 is 13.1. The maximum absolute atomic E-state index is 13.1. The molecule has 2 unspecified atom stereocenters. The highest BCUT2D eigenvalue weighted by molar-refractivity contribution is 5.52. The molecule has 1 fully saturated rings. The summed E-state index contributed by atoms with van der Waals surface area (Å²) in [4.78, 5) is 9.95. The van der Waals surface area contributed by atoms with E-state index in [0.29, 0.717) is 17.6 Å². The summed E-state index contributed by atoms with van der Waals surface area (Å²) in [6, 6.07) is 3.92. The fourth-order valence-electron chi connectivity index (χ4n) is 1.85. The summed E-state index contributed by atoms with van der Waals surface area (Å²) in [7, 11) is 0. The number of hydrogen-bond donors (Lipinski definition) is 1. The van der Waals surface area contributed by atoms with Gasteiger partial charge in [0.2, 0.25) is 0 Å². The van der Waals surface area contributed by atoms with Gasteiger partial charge in [0.15, 0.2) is 0 Å². The third-order valence-corrected chi connectivity index (χ3v) is 2.89. The van der Waals surface area contributed by atoms with E-state index in [4.69, 9.17) is 0 Å². The molecule has 0 aliphatic heterocycles. The first-order valence-corrected chi connectivity index (χ1v) is 5.31. The van der Waals surface area contributed by atoms with Crippen molar-refractivity contribution in [1.29, 1.82) is 0 Å². The van der Waals surface area contributed by atoms with Crippen molar-refractivity contribution in [3.63, 3.8) is 0 Å². The Morgan fingerprint density at radius 3 is 2.88 bits per heavy atom. The maximum Gasteiger partial charge on any atom is 0.274 e. The third-order valence-electron chi connectivity index (χ3n) is 2.89. The molecule has 1 aliphatic rings. The molecule has 16 heavy (non-hydrogen) atoms. The number of benzene rings is 1. The van der Waals surface area contributed by atoms with E-state index in [2.05, 4.69) is 12.2 Å². The predicted octanol–water partition coefficient (Wildman–Crippen LogP) is 2.94. The Kier molecular flexibility index (Phi) is 2.77. The molecule has 0 spiro atoms. The van der Waals surface area contributed by atoms with E-state index >= 15 is 0 Å². The molecular formula is C11H13FN2O2. The highest BCUT2D eigenvalue weighted by Crippen LogP contribution is 2.36. The van der Waals surface area contributed by atoms with Gasteiger partial charge in [-0.3, -0.25) is 10.1 Å². The lowest BCUT2D eigenvalue weighted by Crippen LogP contribution is -2.05. The van der Waals surface area contributed by atoms with Crippen molar-refractivity contribution in [2.45, 2.75) is 25.8 Å². The number of nitro benzene ring substituents is 1. The molecule has 0 bridgehead atoms. The molecule has 0 heterocycles. The van der Waals surface area contributed by atoms with Gasteiger partial charge in [-0.1, -0.05) is 13.3 Å². The Morgan fingerprint density at radius 1 is 1.56 bits per heavy atom. The van der Waals surface area contributed by atoms with Crippen LogP contribution < -0.4 is 5.32 Å². The first kappa shape index (κ1) is 10.9. The number of hydrogen-bond acceptors (Lipinski definition) is 3. The lowest BCUT2D eigenvalue weighted by Gasteiger charge is -2.05. The van der Waals surface area contributed by atoms with E-state index in [1.54, 1.807) is 0 Å². The van der Waals surface area contributed by atoms with Crippen molar-refractivity contribution in [1.82, 2.24) is 0 Å². The van der Waals surface area contributed by atoms with Crippen LogP contribution in [0, 0.1) is 21.8 Å². The molecule has 1 N–H and O–H groups in total. The topological polar surface area (TPSA) is 55.2 Å². The summed E-state index contributed by atoms with van der Waals surface area (Å²) in [5.41, 5.74) is 0.281. The van der Waals surface area contributed by atoms with E-state index in [9.17, 15) is 14.5 Å². The molecule has 1 aromatic rings. The van der Waals surface area contributed by atoms with Crippen molar-refractivity contribution in [3.8, 4) is 0 Å². The smallest absolute Gasteiger partial charge is 0.274 e. The molecule has 5 heteroatoms. The first-order valence-electron chi connectivity index (χ1n) is 5.31. The normalized spacial score (nSPS) is 22.9. The quantitative estimate of drug-likeness (QED) is 0.632. The van der Waals surface area contributed by atoms with Gasteiger partial charge in [-0.25, -0.2) is 4.39 Å². The minimum Gasteiger partial charge on any atom is -0.382 e. The second-order valence-corrected chi connectivity index (χ2v) is 4.11. The van der Waals surface area contributed by atoms with Gasteiger partial charge in [0.1, 0.15) is 5.82 Å². The number of nitrogens with one attached hydrogen (secondary N) is 1. The highest BCUT2D eigenvalue weighted by atomic mass is 19.1. The fourth-order valence-corrected chi connectivity index (χ4v) is 1.85. The van der Waals surface area contributed by atoms with Crippen molar-refractivity contribution in [3.05, 3.63) is 34.1 Å². The maximum atomic E-state index is 13.1. The number of nitro groups is 1. The van der Waals surface area contributed by atoms with Crippen LogP contribution in [0.3, 0.4) is 0 Å². The SMILES string of the molecule is CCC1CC1Nc1cc(F)cc([N+](=O)[O-])c1. The molecule has 1 aromatic carbocycles. The van der Waals surface area contributed by atoms with Gasteiger partial charge in [0, 0.05) is 17.8 Å². The van der Waals surface area contributed by atoms with Crippen LogP contribution in [0.1, 0.15) is 19.8 Å². The van der Waals surface area contributed by atoms with Crippen LogP contribution in [0.4, 0.5) is 15.8 Å². The summed E-state index contributed by atoms with van der Waals surface area (Å²) >= 11 is 0. The predicted molar refractivity (Wildman–Crippen MR) is 58.9 cm³/mol. The van der Waals surface area contributed by atoms with Crippen LogP contribution in [0.2, 0.25) is 0 Å². The molecule has 2 atom stereocenters. The van der Waals surface area contributed by atoms with Crippen LogP contribution in [0.15, 0.2) is 18.2 Å². The van der Waals surface area contributed by atoms with Gasteiger partial charge in [-0.2, -0.15) is 0 Å². The summed E-state index contributed by atoms with van der Waals surface area (Å²) in [6.07, 6.45) is 2.13. The third kappa shape index (κ3) is 2.29. The van der Waals surface area contributed by atoms with E-state index in [1.807, 2.05) is 0 Å². The molecule has 0 radical (unpaired) electrons. The Bertz CT molecular complexity index is 422. The van der Waals surface area contributed by atoms with Gasteiger partial charge >= 0.3 is 0 Å². The van der Waals surface area contributed by atoms with Gasteiger partial charge in [-0.05, 0) is 18.4 Å². The van der Waals surface area contributed by atoms with Crippen molar-refractivity contribution < 1.29 is 9.31 Å². The van der Waals surface area contributed by atoms with E-state index in [-0.39, 0.29) is 5.69 Å². The number of anilines is 1. The minimum absolute atomic E-state index is 0.212. The lowest BCUT2D eigenvalue weighted by atomic mass is 10.2. The Balaban J connectivity index is 2.12. The van der Waals surface area contributed by atoms with E-state index in [0.717, 1.165) is 18.9 Å². The molecule has 2 rings (SSSR count). The second kappa shape index (κ2) is 4.08. The van der Waals surface area contributed by atoms with Gasteiger partial charge < -0.3 is 5.32 Å². The average molecular weight is 224 g/mol. The van der Waals surface area contributed by atoms with Crippen LogP contribution in [0.25, 0.3) is 0 Å². The fraction of sp³-hybridized carbons (Fsp3) is 0.455. The summed E-state index contributed by atoms with van der Waals surface area (Å²) in [5.74, 6) is 0.0349. The van der Waals surface area contributed by atoms with Crippen LogP contribution in [0.5, 0.6) is 0 Å². The molecule has 4 nitrogen and oxygen atoms in total. The molecule has 0 amide bonds. The number of non-ortho nitro benzene ring substituents is 1. The van der Waals surface area contributed by atoms with Crippen LogP contribution in [-0.2, 0) is 0 Å². The minimum atomic E-state index is -0.585. The zero-order valence-electron chi connectivity index (χ0n) is 8.94. The molecule has 1 saturated carbocycles. The van der Waals surface area contributed by atoms with E-state index in [1.165, 1.54) is 12.1 Å². The number of halogens is 1. The molecular weight excluding hydrogens is 211 g/mol. The second-order valence-electron chi connectivity index (χ2n) is 4.11. The van der Waals surface area contributed by atoms with E-state index < -0.39 is 10.7 Å². The van der Waals surface area contributed by atoms with Crippen LogP contribution in [-0.4, -0.2) is 11.0 Å². The largest absolute Gasteiger partial charge is 0.382 e. The molecule has 86 valence electrons. The van der Waals surface area contributed by atoms with Gasteiger partial charge in [0.05, 0.1) is 11.0 Å². The number of nitrogens with zero attached hydrogens (tertiary/aromatic N) is 1. The highest BCUT2D eigenvalue weighted by Gasteiger charge is 2.35. The Labute approximate surface area is 92.6 Å². The molecule has 0 saturated heterocycles. The summed E-state index contributed by atoms with van der Waals surface area (Å²) in [6.45, 7) is 2.10. The monoisotopic (exact) mass is 224 g/mol. The zero-order valence-corrected chi connectivity index (χ0v) is 8.94. The first-order chi connectivity index (χ1) is 7.60. The van der Waals surface area contributed by atoms with Gasteiger partial charge in [-0.15, -0.1) is 0 Å². The zero-order chi connectivity index (χ0) is 11.7. The number of rotatable bonds is 4. The molecule has 0 aromatic heterocycles. The lowest BCUT2D eigenvalue weighted by molar-refractivity contribution is -0.385. The Hall–Kier alpha value is -1.65.